The fourth-order valence-corrected chi connectivity index (χ4v) is 5.71. The molecule has 0 unspecified atom stereocenters. The monoisotopic (exact) mass is 519 g/mol. The number of rotatable bonds is 16. The van der Waals surface area contributed by atoms with E-state index in [2.05, 4.69) is 12.7 Å². The van der Waals surface area contributed by atoms with E-state index in [0.717, 1.165) is 12.0 Å². The average molecular weight is 520 g/mol. The lowest BCUT2D eigenvalue weighted by Crippen LogP contribution is -2.41. The van der Waals surface area contributed by atoms with Crippen molar-refractivity contribution in [3.05, 3.63) is 48.6 Å². The van der Waals surface area contributed by atoms with Crippen LogP contribution in [0.25, 0.3) is 0 Å². The molecule has 0 aromatic rings. The predicted octanol–water partition coefficient (Wildman–Crippen LogP) is 5.93. The summed E-state index contributed by atoms with van der Waals surface area (Å²) in [7, 11) is 0. The molecule has 1 fully saturated rings. The number of hydrogen-bond donors (Lipinski definition) is 4. The van der Waals surface area contributed by atoms with E-state index < -0.39 is 30.5 Å². The van der Waals surface area contributed by atoms with Gasteiger partial charge in [-0.05, 0) is 31.6 Å². The van der Waals surface area contributed by atoms with Gasteiger partial charge in [0.25, 0.3) is 0 Å². The Hall–Kier alpha value is -1.89. The number of ether oxygens (including phenoxy) is 1. The molecule has 0 bridgehead atoms. The SMILES string of the molecule is C=C/C=C\[C@H](C)[C@H](OC(N)=O)[C@H](C)[C@H](O)[C@@H](C)C/C(C)=C\[C@H](C)[C@@H](O)[C@@H](C)/C=C\[C@@H](O)CC1CCCC1. The quantitative estimate of drug-likeness (QED) is 0.149. The van der Waals surface area contributed by atoms with Crippen LogP contribution in [-0.2, 0) is 4.74 Å². The van der Waals surface area contributed by atoms with E-state index in [0.29, 0.717) is 12.3 Å². The van der Waals surface area contributed by atoms with E-state index in [1.807, 2.05) is 59.8 Å². The lowest BCUT2D eigenvalue weighted by molar-refractivity contribution is -0.0266. The first-order chi connectivity index (χ1) is 17.4. The summed E-state index contributed by atoms with van der Waals surface area (Å²) in [5.41, 5.74) is 6.38. The summed E-state index contributed by atoms with van der Waals surface area (Å²) in [5.74, 6) is -0.105. The molecule has 0 aromatic heterocycles. The molecule has 0 saturated heterocycles. The first kappa shape index (κ1) is 33.1. The van der Waals surface area contributed by atoms with Gasteiger partial charge < -0.3 is 25.8 Å². The fourth-order valence-electron chi connectivity index (χ4n) is 5.71. The second-order valence-electron chi connectivity index (χ2n) is 11.5. The van der Waals surface area contributed by atoms with Crippen LogP contribution in [0.2, 0.25) is 0 Å². The van der Waals surface area contributed by atoms with Crippen molar-refractivity contribution in [2.24, 2.45) is 41.2 Å². The van der Waals surface area contributed by atoms with Gasteiger partial charge in [0.05, 0.1) is 18.3 Å². The Kier molecular flexibility index (Phi) is 15.1. The molecule has 1 amide bonds. The van der Waals surface area contributed by atoms with Crippen LogP contribution in [0.15, 0.2) is 48.6 Å². The van der Waals surface area contributed by atoms with Crippen LogP contribution in [0, 0.1) is 35.5 Å². The molecule has 6 heteroatoms. The summed E-state index contributed by atoms with van der Waals surface area (Å²) in [6.45, 7) is 15.4. The zero-order chi connectivity index (χ0) is 28.1. The van der Waals surface area contributed by atoms with Crippen LogP contribution in [0.1, 0.15) is 80.1 Å². The lowest BCUT2D eigenvalue weighted by atomic mass is 9.81. The molecule has 0 radical (unpaired) electrons. The molecule has 6 nitrogen and oxygen atoms in total. The Morgan fingerprint density at radius 1 is 0.973 bits per heavy atom. The molecule has 1 saturated carbocycles. The first-order valence-corrected chi connectivity index (χ1v) is 14.0. The molecule has 1 rings (SSSR count). The number of nitrogens with two attached hydrogens (primary N) is 1. The number of hydrogen-bond acceptors (Lipinski definition) is 5. The van der Waals surface area contributed by atoms with Crippen LogP contribution in [0.4, 0.5) is 4.79 Å². The topological polar surface area (TPSA) is 113 Å². The summed E-state index contributed by atoms with van der Waals surface area (Å²) in [6, 6.07) is 0. The van der Waals surface area contributed by atoms with Gasteiger partial charge in [-0.25, -0.2) is 4.79 Å². The van der Waals surface area contributed by atoms with Crippen molar-refractivity contribution in [3.8, 4) is 0 Å². The van der Waals surface area contributed by atoms with Gasteiger partial charge in [0.2, 0.25) is 0 Å². The van der Waals surface area contributed by atoms with Gasteiger partial charge in [0.1, 0.15) is 6.10 Å². The maximum Gasteiger partial charge on any atom is 0.404 e. The molecule has 9 atom stereocenters. The van der Waals surface area contributed by atoms with E-state index in [1.165, 1.54) is 25.7 Å². The number of amides is 1. The molecule has 212 valence electrons. The van der Waals surface area contributed by atoms with Crippen LogP contribution in [0.3, 0.4) is 0 Å². The van der Waals surface area contributed by atoms with Crippen LogP contribution < -0.4 is 5.73 Å². The van der Waals surface area contributed by atoms with Crippen molar-refractivity contribution in [2.75, 3.05) is 0 Å². The van der Waals surface area contributed by atoms with Gasteiger partial charge in [-0.3, -0.25) is 0 Å². The van der Waals surface area contributed by atoms with Gasteiger partial charge in [0.15, 0.2) is 0 Å². The third-order valence-electron chi connectivity index (χ3n) is 7.92. The number of carbonyl (C=O) groups is 1. The van der Waals surface area contributed by atoms with E-state index in [-0.39, 0.29) is 29.6 Å². The highest BCUT2D eigenvalue weighted by Crippen LogP contribution is 2.30. The number of aliphatic hydroxyl groups excluding tert-OH is 3. The average Bonchev–Trinajstić information content (AvgIpc) is 3.35. The molecule has 0 heterocycles. The normalized spacial score (nSPS) is 22.8. The Labute approximate surface area is 225 Å². The maximum absolute atomic E-state index is 11.5. The van der Waals surface area contributed by atoms with Gasteiger partial charge in [-0.15, -0.1) is 0 Å². The van der Waals surface area contributed by atoms with Crippen molar-refractivity contribution in [2.45, 2.75) is 104 Å². The minimum atomic E-state index is -0.858. The Morgan fingerprint density at radius 3 is 2.16 bits per heavy atom. The third-order valence-corrected chi connectivity index (χ3v) is 7.92. The Balaban J connectivity index is 2.71. The number of allylic oxidation sites excluding steroid dienone is 3. The maximum atomic E-state index is 11.5. The number of primary amides is 1. The molecule has 5 N–H and O–H groups in total. The smallest absolute Gasteiger partial charge is 0.404 e. The zero-order valence-electron chi connectivity index (χ0n) is 23.9. The Morgan fingerprint density at radius 2 is 1.59 bits per heavy atom. The molecule has 1 aliphatic carbocycles. The molecular formula is C31H53NO5. The first-order valence-electron chi connectivity index (χ1n) is 14.0. The van der Waals surface area contributed by atoms with Gasteiger partial charge >= 0.3 is 6.09 Å². The van der Waals surface area contributed by atoms with Crippen molar-refractivity contribution in [1.29, 1.82) is 0 Å². The standard InChI is InChI=1S/C31H53NO5/c1-8-9-12-22(4)30(37-31(32)36)25(7)29(35)24(6)18-20(2)17-23(5)28(34)21(3)15-16-27(33)19-26-13-10-11-14-26/h8-9,12,15-17,21-30,33-35H,1,10-11,13-14,18-19H2,2-7H3,(H2,32,36)/b12-9-,16-15-,20-17-/t21-,22-,23-,24-,25+,27+,28-,29+,30-/m0/s1. The zero-order valence-corrected chi connectivity index (χ0v) is 23.9. The van der Waals surface area contributed by atoms with Crippen molar-refractivity contribution in [1.82, 2.24) is 0 Å². The second kappa shape index (κ2) is 16.8. The number of aliphatic hydroxyl groups is 3. The summed E-state index contributed by atoms with van der Waals surface area (Å²) in [6.07, 6.45) is 14.4. The van der Waals surface area contributed by atoms with Crippen LogP contribution in [-0.4, -0.2) is 45.8 Å². The van der Waals surface area contributed by atoms with Crippen molar-refractivity contribution < 1.29 is 24.9 Å². The molecule has 1 aliphatic rings. The van der Waals surface area contributed by atoms with Gasteiger partial charge in [-0.1, -0.05) is 109 Å². The van der Waals surface area contributed by atoms with Crippen molar-refractivity contribution >= 4 is 6.09 Å². The molecular weight excluding hydrogens is 466 g/mol. The molecule has 37 heavy (non-hydrogen) atoms. The van der Waals surface area contributed by atoms with E-state index in [9.17, 15) is 20.1 Å². The van der Waals surface area contributed by atoms with Gasteiger partial charge in [0, 0.05) is 23.7 Å². The largest absolute Gasteiger partial charge is 0.445 e. The second-order valence-corrected chi connectivity index (χ2v) is 11.5. The molecule has 0 aromatic carbocycles. The summed E-state index contributed by atoms with van der Waals surface area (Å²) >= 11 is 0. The molecule has 0 aliphatic heterocycles. The van der Waals surface area contributed by atoms with E-state index >= 15 is 0 Å². The third kappa shape index (κ3) is 12.0. The minimum Gasteiger partial charge on any atom is -0.445 e. The summed E-state index contributed by atoms with van der Waals surface area (Å²) in [4.78, 5) is 11.5. The van der Waals surface area contributed by atoms with Crippen molar-refractivity contribution in [3.63, 3.8) is 0 Å². The highest BCUT2D eigenvalue weighted by molar-refractivity contribution is 5.64. The highest BCUT2D eigenvalue weighted by atomic mass is 16.6. The molecule has 0 spiro atoms. The fraction of sp³-hybridized carbons (Fsp3) is 0.710. The lowest BCUT2D eigenvalue weighted by Gasteiger charge is -2.33. The van der Waals surface area contributed by atoms with Gasteiger partial charge in [-0.2, -0.15) is 0 Å². The predicted molar refractivity (Wildman–Crippen MR) is 152 cm³/mol. The van der Waals surface area contributed by atoms with E-state index in [4.69, 9.17) is 10.5 Å². The summed E-state index contributed by atoms with van der Waals surface area (Å²) < 4.78 is 5.37. The minimum absolute atomic E-state index is 0.0802. The summed E-state index contributed by atoms with van der Waals surface area (Å²) in [5, 5.41) is 32.3. The van der Waals surface area contributed by atoms with Crippen LogP contribution in [0.5, 0.6) is 0 Å². The Bertz CT molecular complexity index is 770. The number of carbonyl (C=O) groups excluding carboxylic acids is 1. The van der Waals surface area contributed by atoms with E-state index in [1.54, 1.807) is 12.2 Å². The highest BCUT2D eigenvalue weighted by Gasteiger charge is 2.33. The van der Waals surface area contributed by atoms with Crippen LogP contribution >= 0.6 is 0 Å².